The summed E-state index contributed by atoms with van der Waals surface area (Å²) in [4.78, 5) is 20.9. The van der Waals surface area contributed by atoms with Gasteiger partial charge < -0.3 is 14.1 Å². The van der Waals surface area contributed by atoms with Crippen molar-refractivity contribution < 1.29 is 13.9 Å². The number of furan rings is 1. The maximum absolute atomic E-state index is 12.3. The van der Waals surface area contributed by atoms with Crippen molar-refractivity contribution in [3.8, 4) is 0 Å². The summed E-state index contributed by atoms with van der Waals surface area (Å²) < 4.78 is 15.1. The highest BCUT2D eigenvalue weighted by Crippen LogP contribution is 2.19. The number of carbonyl (C=O) groups excluding carboxylic acids is 1. The van der Waals surface area contributed by atoms with Crippen molar-refractivity contribution in [3.05, 3.63) is 30.0 Å². The maximum atomic E-state index is 12.3. The van der Waals surface area contributed by atoms with E-state index in [1.807, 2.05) is 19.0 Å². The molecule has 0 radical (unpaired) electrons. The van der Waals surface area contributed by atoms with E-state index in [0.29, 0.717) is 31.9 Å². The van der Waals surface area contributed by atoms with Crippen LogP contribution >= 0.6 is 11.5 Å². The van der Waals surface area contributed by atoms with Crippen LogP contribution in [0.3, 0.4) is 0 Å². The monoisotopic (exact) mass is 336 g/mol. The van der Waals surface area contributed by atoms with E-state index in [1.54, 1.807) is 12.1 Å². The van der Waals surface area contributed by atoms with Gasteiger partial charge in [0.1, 0.15) is 0 Å². The fraction of sp³-hybridized carbons (Fsp3) is 0.533. The third-order valence-electron chi connectivity index (χ3n) is 3.75. The molecule has 1 aliphatic rings. The molecule has 2 aromatic rings. The van der Waals surface area contributed by atoms with E-state index < -0.39 is 0 Å². The lowest BCUT2D eigenvalue weighted by molar-refractivity contribution is -0.0137. The summed E-state index contributed by atoms with van der Waals surface area (Å²) in [6.07, 6.45) is 1.89. The van der Waals surface area contributed by atoms with Crippen molar-refractivity contribution in [3.63, 3.8) is 0 Å². The van der Waals surface area contributed by atoms with Crippen molar-refractivity contribution in [1.82, 2.24) is 14.3 Å². The Balaban J connectivity index is 1.64. The van der Waals surface area contributed by atoms with Gasteiger partial charge in [0, 0.05) is 44.6 Å². The number of rotatable bonds is 6. The molecule has 0 aliphatic carbocycles. The number of Topliss-reactive ketones (excluding diaryl/α,β-unsaturated/α-hetero) is 1. The summed E-state index contributed by atoms with van der Waals surface area (Å²) in [5, 5.41) is 0.886. The molecule has 23 heavy (non-hydrogen) atoms. The van der Waals surface area contributed by atoms with Crippen LogP contribution in [0, 0.1) is 0 Å². The number of ketones is 1. The summed E-state index contributed by atoms with van der Waals surface area (Å²) in [5.41, 5.74) is 0. The molecule has 0 amide bonds. The maximum Gasteiger partial charge on any atom is 0.204 e. The van der Waals surface area contributed by atoms with Crippen molar-refractivity contribution in [2.24, 2.45) is 0 Å². The second kappa shape index (κ2) is 7.20. The van der Waals surface area contributed by atoms with E-state index in [4.69, 9.17) is 9.15 Å². The minimum atomic E-state index is -0.00397. The van der Waals surface area contributed by atoms with Gasteiger partial charge in [0.25, 0.3) is 0 Å². The Labute approximate surface area is 139 Å². The first kappa shape index (κ1) is 16.1. The third-order valence-corrected chi connectivity index (χ3v) is 4.67. The van der Waals surface area contributed by atoms with E-state index in [-0.39, 0.29) is 11.8 Å². The molecule has 0 unspecified atom stereocenters. The standard InChI is InChI=1S/C15H20N4O3S/c1-18(2)15-16-14(17-23-15)9-19-5-7-21-10-11(19)8-12(20)13-4-3-6-22-13/h3-4,6,11H,5,7-10H2,1-2H3/t11-/m1/s1. The molecule has 2 aromatic heterocycles. The van der Waals surface area contributed by atoms with Gasteiger partial charge in [-0.3, -0.25) is 9.69 Å². The number of morpholine rings is 1. The van der Waals surface area contributed by atoms with Crippen LogP contribution in [0.4, 0.5) is 5.13 Å². The van der Waals surface area contributed by atoms with E-state index in [0.717, 1.165) is 17.5 Å². The predicted molar refractivity (Wildman–Crippen MR) is 86.9 cm³/mol. The summed E-state index contributed by atoms with van der Waals surface area (Å²) in [7, 11) is 3.90. The summed E-state index contributed by atoms with van der Waals surface area (Å²) in [6, 6.07) is 3.44. The number of aromatic nitrogens is 2. The van der Waals surface area contributed by atoms with Crippen molar-refractivity contribution in [2.45, 2.75) is 19.0 Å². The first-order valence-electron chi connectivity index (χ1n) is 7.52. The number of hydrogen-bond acceptors (Lipinski definition) is 8. The number of carbonyl (C=O) groups is 1. The predicted octanol–water partition coefficient (Wildman–Crippen LogP) is 1.67. The molecule has 7 nitrogen and oxygen atoms in total. The number of ether oxygens (including phenoxy) is 1. The first-order chi connectivity index (χ1) is 11.1. The van der Waals surface area contributed by atoms with Crippen LogP contribution in [0.1, 0.15) is 22.8 Å². The van der Waals surface area contributed by atoms with Gasteiger partial charge in [0.2, 0.25) is 5.13 Å². The highest BCUT2D eigenvalue weighted by Gasteiger charge is 2.27. The average molecular weight is 336 g/mol. The molecule has 3 heterocycles. The molecule has 1 atom stereocenters. The van der Waals surface area contributed by atoms with Crippen LogP contribution < -0.4 is 4.90 Å². The van der Waals surface area contributed by atoms with E-state index in [9.17, 15) is 4.79 Å². The molecule has 0 saturated carbocycles. The molecule has 1 aliphatic heterocycles. The smallest absolute Gasteiger partial charge is 0.204 e. The van der Waals surface area contributed by atoms with Crippen LogP contribution in [0.2, 0.25) is 0 Å². The second-order valence-electron chi connectivity index (χ2n) is 5.69. The van der Waals surface area contributed by atoms with Gasteiger partial charge >= 0.3 is 0 Å². The first-order valence-corrected chi connectivity index (χ1v) is 8.29. The molecule has 0 aromatic carbocycles. The Morgan fingerprint density at radius 3 is 3.09 bits per heavy atom. The molecule has 8 heteroatoms. The molecule has 0 bridgehead atoms. The Morgan fingerprint density at radius 2 is 2.39 bits per heavy atom. The Kier molecular flexibility index (Phi) is 5.04. The number of anilines is 1. The van der Waals surface area contributed by atoms with Crippen LogP contribution in [-0.2, 0) is 11.3 Å². The van der Waals surface area contributed by atoms with Gasteiger partial charge in [-0.2, -0.15) is 4.37 Å². The molecular formula is C15H20N4O3S. The molecule has 3 rings (SSSR count). The molecule has 1 saturated heterocycles. The Hall–Kier alpha value is -1.77. The lowest BCUT2D eigenvalue weighted by Gasteiger charge is -2.34. The van der Waals surface area contributed by atoms with Gasteiger partial charge in [0.05, 0.1) is 26.0 Å². The molecule has 124 valence electrons. The molecular weight excluding hydrogens is 316 g/mol. The van der Waals surface area contributed by atoms with Crippen LogP contribution in [0.15, 0.2) is 22.8 Å². The summed E-state index contributed by atoms with van der Waals surface area (Å²) in [5.74, 6) is 1.18. The normalized spacial score (nSPS) is 19.0. The average Bonchev–Trinajstić information content (AvgIpc) is 3.20. The Morgan fingerprint density at radius 1 is 1.52 bits per heavy atom. The van der Waals surface area contributed by atoms with Gasteiger partial charge in [0.15, 0.2) is 17.4 Å². The topological polar surface area (TPSA) is 71.7 Å². The van der Waals surface area contributed by atoms with Crippen LogP contribution in [0.25, 0.3) is 0 Å². The molecule has 0 N–H and O–H groups in total. The number of nitrogens with zero attached hydrogens (tertiary/aromatic N) is 4. The van der Waals surface area contributed by atoms with Crippen LogP contribution in [0.5, 0.6) is 0 Å². The largest absolute Gasteiger partial charge is 0.461 e. The van der Waals surface area contributed by atoms with Gasteiger partial charge in [-0.15, -0.1) is 0 Å². The second-order valence-corrected chi connectivity index (χ2v) is 6.42. The van der Waals surface area contributed by atoms with Gasteiger partial charge in [-0.05, 0) is 12.1 Å². The van der Waals surface area contributed by atoms with Gasteiger partial charge in [-0.1, -0.05) is 0 Å². The lowest BCUT2D eigenvalue weighted by Crippen LogP contribution is -2.46. The molecule has 0 spiro atoms. The Bertz CT molecular complexity index is 641. The highest BCUT2D eigenvalue weighted by molar-refractivity contribution is 7.09. The van der Waals surface area contributed by atoms with Crippen LogP contribution in [-0.4, -0.2) is 59.9 Å². The third kappa shape index (κ3) is 3.95. The quantitative estimate of drug-likeness (QED) is 0.743. The fourth-order valence-corrected chi connectivity index (χ4v) is 3.10. The SMILES string of the molecule is CN(C)c1nc(CN2CCOC[C@H]2CC(=O)c2ccco2)ns1. The van der Waals surface area contributed by atoms with Crippen molar-refractivity contribution >= 4 is 22.4 Å². The lowest BCUT2D eigenvalue weighted by atomic mass is 10.1. The van der Waals surface area contributed by atoms with Crippen molar-refractivity contribution in [1.29, 1.82) is 0 Å². The van der Waals surface area contributed by atoms with Crippen molar-refractivity contribution in [2.75, 3.05) is 38.8 Å². The summed E-state index contributed by atoms with van der Waals surface area (Å²) >= 11 is 1.38. The van der Waals surface area contributed by atoms with E-state index in [2.05, 4.69) is 14.3 Å². The highest BCUT2D eigenvalue weighted by atomic mass is 32.1. The molecule has 1 fully saturated rings. The summed E-state index contributed by atoms with van der Waals surface area (Å²) in [6.45, 7) is 2.60. The minimum absolute atomic E-state index is 0.00397. The zero-order valence-electron chi connectivity index (χ0n) is 13.3. The zero-order valence-corrected chi connectivity index (χ0v) is 14.1. The number of hydrogen-bond donors (Lipinski definition) is 0. The van der Waals surface area contributed by atoms with E-state index in [1.165, 1.54) is 17.8 Å². The minimum Gasteiger partial charge on any atom is -0.461 e. The van der Waals surface area contributed by atoms with E-state index >= 15 is 0 Å². The fourth-order valence-electron chi connectivity index (χ4n) is 2.51. The van der Waals surface area contributed by atoms with Gasteiger partial charge in [-0.25, -0.2) is 4.98 Å². The zero-order chi connectivity index (χ0) is 16.2.